The van der Waals surface area contributed by atoms with Crippen molar-refractivity contribution < 1.29 is 10.0 Å². The van der Waals surface area contributed by atoms with Crippen molar-refractivity contribution in [1.82, 2.24) is 19.9 Å². The van der Waals surface area contributed by atoms with Gasteiger partial charge >= 0.3 is 0 Å². The second-order valence-electron chi connectivity index (χ2n) is 7.88. The van der Waals surface area contributed by atoms with Gasteiger partial charge in [0.15, 0.2) is 0 Å². The fourth-order valence-electron chi connectivity index (χ4n) is 4.37. The minimum Gasteiger partial charge on any atom is -0.319 e. The van der Waals surface area contributed by atoms with E-state index in [4.69, 9.17) is 10.2 Å². The lowest BCUT2D eigenvalue weighted by molar-refractivity contribution is -0.124. The Morgan fingerprint density at radius 1 is 1.35 bits per heavy atom. The van der Waals surface area contributed by atoms with Crippen LogP contribution < -0.4 is 5.48 Å². The molecule has 0 unspecified atom stereocenters. The van der Waals surface area contributed by atoms with Gasteiger partial charge in [-0.15, -0.1) is 0 Å². The molecule has 4 rings (SSSR count). The van der Waals surface area contributed by atoms with Crippen molar-refractivity contribution >= 4 is 23.3 Å². The monoisotopic (exact) mass is 436 g/mol. The first-order valence-corrected chi connectivity index (χ1v) is 11.6. The first-order valence-electron chi connectivity index (χ1n) is 10.7. The van der Waals surface area contributed by atoms with Gasteiger partial charge in [0.05, 0.1) is 11.4 Å². The molecule has 1 aliphatic rings. The van der Waals surface area contributed by atoms with Gasteiger partial charge in [-0.1, -0.05) is 25.1 Å². The standard InChI is InChI=1S/C24H28N4O2S/c1-3-27-12-5-8-21(15-27)28-23(20-11-13-31-16-20)17(2)25-24(28)19-7-4-6-18(14-19)9-10-22(29)26-30/h4,6-7,9-11,13-14,16,21,30H,3,5,8,12,15H2,1-2H3,(H,26,29)/t21-/m1/s1. The fourth-order valence-corrected chi connectivity index (χ4v) is 5.01. The van der Waals surface area contributed by atoms with E-state index in [1.165, 1.54) is 23.8 Å². The molecule has 162 valence electrons. The van der Waals surface area contributed by atoms with E-state index < -0.39 is 5.91 Å². The molecule has 1 aromatic carbocycles. The van der Waals surface area contributed by atoms with Crippen LogP contribution in [0.3, 0.4) is 0 Å². The molecule has 0 bridgehead atoms. The van der Waals surface area contributed by atoms with Gasteiger partial charge in [0.1, 0.15) is 5.82 Å². The maximum atomic E-state index is 11.4. The number of nitrogens with one attached hydrogen (secondary N) is 1. The Hall–Kier alpha value is -2.74. The predicted molar refractivity (Wildman–Crippen MR) is 125 cm³/mol. The summed E-state index contributed by atoms with van der Waals surface area (Å²) < 4.78 is 2.43. The number of amides is 1. The highest BCUT2D eigenvalue weighted by atomic mass is 32.1. The minimum absolute atomic E-state index is 0.360. The number of likely N-dealkylation sites (tertiary alicyclic amines) is 1. The van der Waals surface area contributed by atoms with Gasteiger partial charge in [0.25, 0.3) is 5.91 Å². The molecule has 1 amide bonds. The van der Waals surface area contributed by atoms with Crippen molar-refractivity contribution in [3.05, 3.63) is 58.4 Å². The molecule has 1 atom stereocenters. The van der Waals surface area contributed by atoms with E-state index in [1.54, 1.807) is 22.9 Å². The van der Waals surface area contributed by atoms with Crippen molar-refractivity contribution in [3.8, 4) is 22.6 Å². The van der Waals surface area contributed by atoms with Gasteiger partial charge in [-0.25, -0.2) is 10.5 Å². The molecule has 6 nitrogen and oxygen atoms in total. The zero-order valence-electron chi connectivity index (χ0n) is 17.9. The number of hydroxylamine groups is 1. The summed E-state index contributed by atoms with van der Waals surface area (Å²) in [4.78, 5) is 18.9. The number of likely N-dealkylation sites (N-methyl/N-ethyl adjacent to an activating group) is 1. The number of rotatable bonds is 6. The number of carbonyl (C=O) groups is 1. The number of hydrogen-bond acceptors (Lipinski definition) is 5. The third kappa shape index (κ3) is 4.63. The highest BCUT2D eigenvalue weighted by Gasteiger charge is 2.27. The van der Waals surface area contributed by atoms with Gasteiger partial charge < -0.3 is 9.47 Å². The van der Waals surface area contributed by atoms with Gasteiger partial charge in [-0.2, -0.15) is 11.3 Å². The van der Waals surface area contributed by atoms with Crippen LogP contribution in [0.25, 0.3) is 28.7 Å². The first kappa shape index (κ1) is 21.5. The zero-order valence-corrected chi connectivity index (χ0v) is 18.7. The van der Waals surface area contributed by atoms with Crippen molar-refractivity contribution in [2.75, 3.05) is 19.6 Å². The van der Waals surface area contributed by atoms with Crippen LogP contribution in [0, 0.1) is 6.92 Å². The number of nitrogens with zero attached hydrogens (tertiary/aromatic N) is 3. The number of aromatic nitrogens is 2. The Balaban J connectivity index is 1.81. The number of imidazole rings is 1. The Kier molecular flexibility index (Phi) is 6.65. The van der Waals surface area contributed by atoms with E-state index in [1.807, 2.05) is 18.2 Å². The number of benzene rings is 1. The Bertz CT molecular complexity index is 1070. The van der Waals surface area contributed by atoms with Gasteiger partial charge in [-0.3, -0.25) is 10.0 Å². The molecule has 0 aliphatic carbocycles. The second-order valence-corrected chi connectivity index (χ2v) is 8.66. The molecule has 0 spiro atoms. The molecule has 31 heavy (non-hydrogen) atoms. The average molecular weight is 437 g/mol. The molecular formula is C24H28N4O2S. The van der Waals surface area contributed by atoms with Crippen molar-refractivity contribution in [1.29, 1.82) is 0 Å². The van der Waals surface area contributed by atoms with Crippen molar-refractivity contribution in [2.45, 2.75) is 32.7 Å². The van der Waals surface area contributed by atoms with Crippen LogP contribution in [0.4, 0.5) is 0 Å². The lowest BCUT2D eigenvalue weighted by Gasteiger charge is -2.34. The van der Waals surface area contributed by atoms with Gasteiger partial charge in [0.2, 0.25) is 0 Å². The summed E-state index contributed by atoms with van der Waals surface area (Å²) in [5.74, 6) is 0.410. The maximum absolute atomic E-state index is 11.4. The van der Waals surface area contributed by atoms with E-state index in [2.05, 4.69) is 46.2 Å². The Labute approximate surface area is 186 Å². The average Bonchev–Trinajstić information content (AvgIpc) is 3.45. The van der Waals surface area contributed by atoms with Crippen LogP contribution in [0.5, 0.6) is 0 Å². The normalized spacial score (nSPS) is 17.3. The van der Waals surface area contributed by atoms with Gasteiger partial charge in [0, 0.05) is 35.2 Å². The molecule has 0 saturated carbocycles. The van der Waals surface area contributed by atoms with Crippen LogP contribution in [0.15, 0.2) is 47.2 Å². The summed E-state index contributed by atoms with van der Waals surface area (Å²) in [5, 5.41) is 13.0. The molecule has 2 N–H and O–H groups in total. The highest BCUT2D eigenvalue weighted by Crippen LogP contribution is 2.37. The number of thiophene rings is 1. The van der Waals surface area contributed by atoms with E-state index >= 15 is 0 Å². The Morgan fingerprint density at radius 3 is 2.97 bits per heavy atom. The molecule has 3 heterocycles. The molecule has 0 radical (unpaired) electrons. The SMILES string of the molecule is CCN1CCC[C@@H](n2c(-c3cccc(C=CC(=O)NO)c3)nc(C)c2-c2ccsc2)C1. The summed E-state index contributed by atoms with van der Waals surface area (Å²) in [7, 11) is 0. The molecule has 2 aromatic heterocycles. The molecule has 7 heteroatoms. The summed E-state index contributed by atoms with van der Waals surface area (Å²) in [5.41, 5.74) is 6.96. The van der Waals surface area contributed by atoms with E-state index in [9.17, 15) is 4.79 Å². The minimum atomic E-state index is -0.552. The maximum Gasteiger partial charge on any atom is 0.267 e. The number of piperidine rings is 1. The van der Waals surface area contributed by atoms with Crippen LogP contribution in [0.2, 0.25) is 0 Å². The first-order chi connectivity index (χ1) is 15.1. The second kappa shape index (κ2) is 9.60. The third-order valence-electron chi connectivity index (χ3n) is 5.86. The summed E-state index contributed by atoms with van der Waals surface area (Å²) in [6, 6.07) is 10.5. The summed E-state index contributed by atoms with van der Waals surface area (Å²) in [6.07, 6.45) is 5.31. The van der Waals surface area contributed by atoms with Crippen LogP contribution >= 0.6 is 11.3 Å². The fraction of sp³-hybridized carbons (Fsp3) is 0.333. The van der Waals surface area contributed by atoms with Crippen molar-refractivity contribution in [2.24, 2.45) is 0 Å². The van der Waals surface area contributed by atoms with E-state index in [0.717, 1.165) is 48.7 Å². The molecule has 1 fully saturated rings. The number of aryl methyl sites for hydroxylation is 1. The highest BCUT2D eigenvalue weighted by molar-refractivity contribution is 7.08. The van der Waals surface area contributed by atoms with Gasteiger partial charge in [-0.05, 0) is 62.0 Å². The smallest absolute Gasteiger partial charge is 0.267 e. The number of hydrogen-bond donors (Lipinski definition) is 2. The Morgan fingerprint density at radius 2 is 2.23 bits per heavy atom. The van der Waals surface area contributed by atoms with Crippen LogP contribution in [0.1, 0.15) is 37.1 Å². The van der Waals surface area contributed by atoms with Crippen molar-refractivity contribution in [3.63, 3.8) is 0 Å². The lowest BCUT2D eigenvalue weighted by atomic mass is 10.0. The van der Waals surface area contributed by atoms with Crippen LogP contribution in [-0.4, -0.2) is 45.2 Å². The molecular weight excluding hydrogens is 408 g/mol. The quantitative estimate of drug-likeness (QED) is 0.332. The predicted octanol–water partition coefficient (Wildman–Crippen LogP) is 4.76. The molecule has 3 aromatic rings. The lowest BCUT2D eigenvalue weighted by Crippen LogP contribution is -2.36. The molecule has 1 saturated heterocycles. The van der Waals surface area contributed by atoms with E-state index in [-0.39, 0.29) is 0 Å². The number of carbonyl (C=O) groups excluding carboxylic acids is 1. The topological polar surface area (TPSA) is 70.4 Å². The third-order valence-corrected chi connectivity index (χ3v) is 6.54. The largest absolute Gasteiger partial charge is 0.319 e. The molecule has 1 aliphatic heterocycles. The zero-order chi connectivity index (χ0) is 21.8. The summed E-state index contributed by atoms with van der Waals surface area (Å²) >= 11 is 1.70. The van der Waals surface area contributed by atoms with Crippen LogP contribution in [-0.2, 0) is 4.79 Å². The van der Waals surface area contributed by atoms with E-state index in [0.29, 0.717) is 6.04 Å². The summed E-state index contributed by atoms with van der Waals surface area (Å²) in [6.45, 7) is 7.54.